The topological polar surface area (TPSA) is 192 Å². The number of primary amides is 1. The summed E-state index contributed by atoms with van der Waals surface area (Å²) >= 11 is 1.47. The molecule has 0 atom stereocenters. The molecule has 0 aliphatic carbocycles. The van der Waals surface area contributed by atoms with Gasteiger partial charge in [0, 0.05) is 10.6 Å². The first-order chi connectivity index (χ1) is 15.5. The number of thiophene rings is 1. The number of hydrogen-bond acceptors (Lipinski definition) is 11. The summed E-state index contributed by atoms with van der Waals surface area (Å²) in [6.45, 7) is 0.0149. The summed E-state index contributed by atoms with van der Waals surface area (Å²) in [6.07, 6.45) is 1.51. The van der Waals surface area contributed by atoms with Crippen LogP contribution in [0, 0.1) is 0 Å². The minimum absolute atomic E-state index is 0.0149. The maximum absolute atomic E-state index is 12.7. The van der Waals surface area contributed by atoms with Crippen LogP contribution in [0.25, 0.3) is 5.82 Å². The van der Waals surface area contributed by atoms with Crippen molar-refractivity contribution >= 4 is 40.9 Å². The Labute approximate surface area is 184 Å². The van der Waals surface area contributed by atoms with E-state index in [1.165, 1.54) is 22.2 Å². The molecule has 0 unspecified atom stereocenters. The van der Waals surface area contributed by atoms with Gasteiger partial charge in [-0.3, -0.25) is 9.59 Å². The zero-order chi connectivity index (χ0) is 22.5. The fourth-order valence-electron chi connectivity index (χ4n) is 2.75. The first-order valence-electron chi connectivity index (χ1n) is 9.07. The highest BCUT2D eigenvalue weighted by Gasteiger charge is 2.24. The van der Waals surface area contributed by atoms with Gasteiger partial charge in [-0.15, -0.1) is 16.4 Å². The van der Waals surface area contributed by atoms with Crippen molar-refractivity contribution in [2.45, 2.75) is 6.54 Å². The van der Waals surface area contributed by atoms with E-state index in [0.717, 1.165) is 4.88 Å². The largest absolute Gasteiger partial charge is 0.379 e. The number of nitrogens with two attached hydrogens (primary N) is 2. The summed E-state index contributed by atoms with van der Waals surface area (Å²) in [5, 5.41) is 24.0. The van der Waals surface area contributed by atoms with Gasteiger partial charge in [0.1, 0.15) is 0 Å². The van der Waals surface area contributed by atoms with Crippen LogP contribution in [-0.4, -0.2) is 43.3 Å². The second kappa shape index (κ2) is 9.05. The highest BCUT2D eigenvalue weighted by atomic mass is 32.1. The van der Waals surface area contributed by atoms with Gasteiger partial charge >= 0.3 is 0 Å². The maximum Gasteiger partial charge on any atom is 0.293 e. The second-order valence-electron chi connectivity index (χ2n) is 6.25. The van der Waals surface area contributed by atoms with E-state index in [-0.39, 0.29) is 35.1 Å². The number of nitrogen functional groups attached to an aromatic ring is 1. The number of nitrogens with zero attached hydrogens (tertiary/aromatic N) is 6. The van der Waals surface area contributed by atoms with Gasteiger partial charge in [0.25, 0.3) is 11.8 Å². The Morgan fingerprint density at radius 2 is 2.06 bits per heavy atom. The van der Waals surface area contributed by atoms with Gasteiger partial charge in [0.2, 0.25) is 11.6 Å². The van der Waals surface area contributed by atoms with Crippen molar-refractivity contribution in [1.82, 2.24) is 30.7 Å². The molecule has 6 N–H and O–H groups in total. The van der Waals surface area contributed by atoms with E-state index in [9.17, 15) is 9.59 Å². The van der Waals surface area contributed by atoms with Crippen LogP contribution in [0.15, 0.2) is 51.5 Å². The Morgan fingerprint density at radius 3 is 2.78 bits per heavy atom. The Balaban J connectivity index is 1.63. The average Bonchev–Trinajstić information content (AvgIpc) is 3.53. The molecule has 162 valence electrons. The highest BCUT2D eigenvalue weighted by Crippen LogP contribution is 2.19. The number of nitrogens with one attached hydrogen (secondary N) is 2. The number of hydrogen-bond donors (Lipinski definition) is 4. The number of carbonyl (C=O) groups excluding carboxylic acids is 2. The number of anilines is 2. The molecule has 0 aliphatic rings. The lowest BCUT2D eigenvalue weighted by molar-refractivity contribution is 0.0947. The maximum atomic E-state index is 12.7. The van der Waals surface area contributed by atoms with Crippen LogP contribution in [0.4, 0.5) is 11.5 Å². The van der Waals surface area contributed by atoms with Crippen molar-refractivity contribution in [1.29, 1.82) is 0 Å². The zero-order valence-electron chi connectivity index (χ0n) is 16.3. The third-order valence-corrected chi connectivity index (χ3v) is 5.02. The van der Waals surface area contributed by atoms with Crippen molar-refractivity contribution in [3.05, 3.63) is 63.6 Å². The molecule has 13 nitrogen and oxygen atoms in total. The molecule has 0 saturated heterocycles. The van der Waals surface area contributed by atoms with Crippen LogP contribution in [-0.2, 0) is 6.54 Å². The van der Waals surface area contributed by atoms with E-state index in [1.54, 1.807) is 24.3 Å². The normalized spacial score (nSPS) is 11.0. The molecular formula is C18H16N10O3S. The average molecular weight is 452 g/mol. The third kappa shape index (κ3) is 4.29. The van der Waals surface area contributed by atoms with Gasteiger partial charge in [-0.25, -0.2) is 10.1 Å². The third-order valence-electron chi connectivity index (χ3n) is 4.21. The fourth-order valence-corrected chi connectivity index (χ4v) is 3.33. The zero-order valence-corrected chi connectivity index (χ0v) is 17.1. The van der Waals surface area contributed by atoms with Gasteiger partial charge < -0.3 is 16.8 Å². The van der Waals surface area contributed by atoms with Gasteiger partial charge in [-0.2, -0.15) is 9.78 Å². The van der Waals surface area contributed by atoms with Crippen molar-refractivity contribution in [2.75, 3.05) is 11.1 Å². The van der Waals surface area contributed by atoms with Crippen molar-refractivity contribution < 1.29 is 14.2 Å². The van der Waals surface area contributed by atoms with Gasteiger partial charge in [-0.1, -0.05) is 23.4 Å². The van der Waals surface area contributed by atoms with E-state index in [1.807, 2.05) is 17.5 Å². The Kier molecular flexibility index (Phi) is 5.85. The van der Waals surface area contributed by atoms with Gasteiger partial charge in [-0.05, 0) is 33.9 Å². The molecule has 14 heteroatoms. The quantitative estimate of drug-likeness (QED) is 0.221. The van der Waals surface area contributed by atoms with Crippen LogP contribution >= 0.6 is 11.3 Å². The molecular weight excluding hydrogens is 436 g/mol. The molecule has 2 amide bonds. The van der Waals surface area contributed by atoms with Crippen LogP contribution in [0.2, 0.25) is 0 Å². The minimum atomic E-state index is -0.612. The Morgan fingerprint density at radius 1 is 1.22 bits per heavy atom. The molecule has 0 bridgehead atoms. The molecule has 0 fully saturated rings. The van der Waals surface area contributed by atoms with Crippen molar-refractivity contribution in [2.24, 2.45) is 10.8 Å². The second-order valence-corrected chi connectivity index (χ2v) is 7.23. The first kappa shape index (κ1) is 20.7. The number of aromatic nitrogens is 5. The van der Waals surface area contributed by atoms with Crippen LogP contribution in [0.3, 0.4) is 0 Å². The summed E-state index contributed by atoms with van der Waals surface area (Å²) in [5.74, 6) is -1.21. The Bertz CT molecular complexity index is 1280. The molecule has 0 radical (unpaired) electrons. The van der Waals surface area contributed by atoms with Crippen LogP contribution in [0.1, 0.15) is 31.4 Å². The summed E-state index contributed by atoms with van der Waals surface area (Å²) in [6, 6.07) is 10.4. The predicted molar refractivity (Wildman–Crippen MR) is 115 cm³/mol. The van der Waals surface area contributed by atoms with Crippen LogP contribution in [0.5, 0.6) is 0 Å². The van der Waals surface area contributed by atoms with Crippen molar-refractivity contribution in [3.63, 3.8) is 0 Å². The molecule has 1 aromatic carbocycles. The number of benzene rings is 1. The number of carbonyl (C=O) groups is 2. The lowest BCUT2D eigenvalue weighted by Crippen LogP contribution is -2.22. The molecule has 32 heavy (non-hydrogen) atoms. The van der Waals surface area contributed by atoms with E-state index in [2.05, 4.69) is 41.1 Å². The van der Waals surface area contributed by atoms with Gasteiger partial charge in [0.15, 0.2) is 5.69 Å². The van der Waals surface area contributed by atoms with E-state index < -0.39 is 11.8 Å². The lowest BCUT2D eigenvalue weighted by Gasteiger charge is -2.11. The molecule has 0 aliphatic heterocycles. The fraction of sp³-hybridized carbons (Fsp3) is 0.0556. The smallest absolute Gasteiger partial charge is 0.293 e. The summed E-state index contributed by atoms with van der Waals surface area (Å²) < 4.78 is 5.84. The van der Waals surface area contributed by atoms with E-state index in [4.69, 9.17) is 11.5 Å². The predicted octanol–water partition coefficient (Wildman–Crippen LogP) is 0.769. The number of rotatable bonds is 8. The summed E-state index contributed by atoms with van der Waals surface area (Å²) in [4.78, 5) is 25.3. The van der Waals surface area contributed by atoms with Crippen molar-refractivity contribution in [3.8, 4) is 5.82 Å². The molecule has 0 spiro atoms. The van der Waals surface area contributed by atoms with Gasteiger partial charge in [0.05, 0.1) is 24.0 Å². The first-order valence-corrected chi connectivity index (χ1v) is 9.95. The monoisotopic (exact) mass is 452 g/mol. The molecule has 4 aromatic rings. The molecule has 3 heterocycles. The number of hydrazone groups is 1. The highest BCUT2D eigenvalue weighted by molar-refractivity contribution is 7.11. The summed E-state index contributed by atoms with van der Waals surface area (Å²) in [5.41, 5.74) is 14.6. The minimum Gasteiger partial charge on any atom is -0.379 e. The molecule has 0 saturated carbocycles. The molecule has 3 aromatic heterocycles. The Hall–Kier alpha value is -4.59. The van der Waals surface area contributed by atoms with Crippen LogP contribution < -0.4 is 22.2 Å². The van der Waals surface area contributed by atoms with E-state index in [0.29, 0.717) is 5.69 Å². The SMILES string of the molecule is NC(=O)c1ccccc1NCc1c(C(=O)N/N=C/c2cccs2)nnn1-c1nonc1N. The standard InChI is InChI=1S/C18H16N10O3S/c19-15-17(26-31-25-15)28-13(9-21-12-6-2-1-5-11(12)16(20)29)14(23-27-28)18(30)24-22-8-10-4-3-7-32-10/h1-8,21H,9H2,(H2,19,25)(H2,20,29)(H,24,30)/b22-8+. The number of para-hydroxylation sites is 1. The lowest BCUT2D eigenvalue weighted by atomic mass is 10.1. The summed E-state index contributed by atoms with van der Waals surface area (Å²) in [7, 11) is 0. The van der Waals surface area contributed by atoms with E-state index >= 15 is 0 Å². The molecule has 4 rings (SSSR count). The number of amides is 2.